The van der Waals surface area contributed by atoms with E-state index in [-0.39, 0.29) is 0 Å². The summed E-state index contributed by atoms with van der Waals surface area (Å²) in [7, 11) is 0. The van der Waals surface area contributed by atoms with E-state index in [9.17, 15) is 0 Å². The molecule has 0 aliphatic heterocycles. The van der Waals surface area contributed by atoms with Crippen LogP contribution < -0.4 is 4.90 Å². The summed E-state index contributed by atoms with van der Waals surface area (Å²) in [5.41, 5.74) is 9.53. The lowest BCUT2D eigenvalue weighted by Gasteiger charge is -2.48. The molecule has 0 bridgehead atoms. The van der Waals surface area contributed by atoms with Crippen LogP contribution in [-0.2, 0) is 5.54 Å². The van der Waals surface area contributed by atoms with Crippen LogP contribution in [0.3, 0.4) is 0 Å². The molecule has 0 atom stereocenters. The Morgan fingerprint density at radius 2 is 0.816 bits per heavy atom. The standard InChI is InChI=1S/C47H34BrN/c48-41-31-33-42(35-18-6-1-7-19-35)45(34-41)49(46-43-29-17-16-22-37(43)30-32-44(46)36-20-8-2-9-21-36)47(38-23-10-3-11-24-38,39-25-12-4-13-26-39)40-27-14-5-15-28-40/h1-34H. The second kappa shape index (κ2) is 13.4. The van der Waals surface area contributed by atoms with Gasteiger partial charge in [-0.3, -0.25) is 0 Å². The average molecular weight is 693 g/mol. The van der Waals surface area contributed by atoms with Crippen molar-refractivity contribution in [2.75, 3.05) is 4.90 Å². The molecule has 0 aromatic heterocycles. The summed E-state index contributed by atoms with van der Waals surface area (Å²) in [4.78, 5) is 2.63. The molecule has 8 rings (SSSR count). The van der Waals surface area contributed by atoms with Crippen LogP contribution in [0.1, 0.15) is 16.7 Å². The molecule has 1 nitrogen and oxygen atoms in total. The number of nitrogens with zero attached hydrogens (tertiary/aromatic N) is 1. The third-order valence-corrected chi connectivity index (χ3v) is 9.90. The lowest BCUT2D eigenvalue weighted by atomic mass is 9.74. The van der Waals surface area contributed by atoms with Crippen molar-refractivity contribution >= 4 is 38.1 Å². The molecule has 0 N–H and O–H groups in total. The van der Waals surface area contributed by atoms with Gasteiger partial charge in [-0.1, -0.05) is 210 Å². The lowest BCUT2D eigenvalue weighted by Crippen LogP contribution is -2.46. The maximum atomic E-state index is 3.93. The van der Waals surface area contributed by atoms with E-state index < -0.39 is 5.54 Å². The predicted molar refractivity (Wildman–Crippen MR) is 210 cm³/mol. The molecule has 0 unspecified atom stereocenters. The summed E-state index contributed by atoms with van der Waals surface area (Å²) in [6.07, 6.45) is 0. The molecule has 0 spiro atoms. The first-order valence-electron chi connectivity index (χ1n) is 16.6. The molecule has 0 aliphatic rings. The number of anilines is 2. The molecule has 49 heavy (non-hydrogen) atoms. The van der Waals surface area contributed by atoms with Gasteiger partial charge in [-0.15, -0.1) is 0 Å². The Bertz CT molecular complexity index is 2220. The van der Waals surface area contributed by atoms with E-state index in [0.717, 1.165) is 38.1 Å². The van der Waals surface area contributed by atoms with Crippen LogP contribution >= 0.6 is 15.9 Å². The van der Waals surface area contributed by atoms with E-state index in [1.165, 1.54) is 27.5 Å². The quantitative estimate of drug-likeness (QED) is 0.143. The van der Waals surface area contributed by atoms with E-state index in [2.05, 4.69) is 227 Å². The zero-order valence-electron chi connectivity index (χ0n) is 27.0. The summed E-state index contributed by atoms with van der Waals surface area (Å²) < 4.78 is 1.01. The topological polar surface area (TPSA) is 3.24 Å². The Hall–Kier alpha value is -5.70. The summed E-state index contributed by atoms with van der Waals surface area (Å²) in [6.45, 7) is 0. The van der Waals surface area contributed by atoms with Crippen LogP contribution in [0.25, 0.3) is 33.0 Å². The molecular formula is C47H34BrN. The number of fused-ring (bicyclic) bond motifs is 1. The summed E-state index contributed by atoms with van der Waals surface area (Å²) in [6, 6.07) is 74.5. The molecule has 0 fully saturated rings. The molecule has 0 heterocycles. The highest BCUT2D eigenvalue weighted by Gasteiger charge is 2.45. The first-order valence-corrected chi connectivity index (χ1v) is 17.4. The monoisotopic (exact) mass is 691 g/mol. The van der Waals surface area contributed by atoms with Crippen molar-refractivity contribution in [1.82, 2.24) is 0 Å². The lowest BCUT2D eigenvalue weighted by molar-refractivity contribution is 0.629. The van der Waals surface area contributed by atoms with Gasteiger partial charge in [-0.2, -0.15) is 0 Å². The van der Waals surface area contributed by atoms with Gasteiger partial charge in [0.1, 0.15) is 5.54 Å². The number of hydrogen-bond donors (Lipinski definition) is 0. The largest absolute Gasteiger partial charge is 0.321 e. The molecule has 0 aliphatic carbocycles. The van der Waals surface area contributed by atoms with Crippen molar-refractivity contribution in [1.29, 1.82) is 0 Å². The molecule has 8 aromatic carbocycles. The molecule has 0 saturated carbocycles. The minimum atomic E-state index is -0.804. The van der Waals surface area contributed by atoms with E-state index in [4.69, 9.17) is 0 Å². The normalized spacial score (nSPS) is 11.4. The highest BCUT2D eigenvalue weighted by atomic mass is 79.9. The molecule has 0 amide bonds. The van der Waals surface area contributed by atoms with Gasteiger partial charge in [0.05, 0.1) is 11.4 Å². The highest BCUT2D eigenvalue weighted by Crippen LogP contribution is 2.55. The average Bonchev–Trinajstić information content (AvgIpc) is 3.18. The Morgan fingerprint density at radius 1 is 0.388 bits per heavy atom. The zero-order valence-corrected chi connectivity index (χ0v) is 28.5. The van der Waals surface area contributed by atoms with Gasteiger partial charge >= 0.3 is 0 Å². The van der Waals surface area contributed by atoms with Crippen molar-refractivity contribution < 1.29 is 0 Å². The minimum Gasteiger partial charge on any atom is -0.321 e. The summed E-state index contributed by atoms with van der Waals surface area (Å²) in [5, 5.41) is 2.36. The van der Waals surface area contributed by atoms with Gasteiger partial charge in [-0.25, -0.2) is 0 Å². The van der Waals surface area contributed by atoms with Crippen LogP contribution in [0.15, 0.2) is 211 Å². The SMILES string of the molecule is Brc1ccc(-c2ccccc2)c(N(c2c(-c3ccccc3)ccc3ccccc23)C(c2ccccc2)(c2ccccc2)c2ccccc2)c1. The van der Waals surface area contributed by atoms with E-state index in [1.807, 2.05) is 0 Å². The van der Waals surface area contributed by atoms with Gasteiger partial charge in [0, 0.05) is 21.0 Å². The van der Waals surface area contributed by atoms with Crippen LogP contribution in [-0.4, -0.2) is 0 Å². The fourth-order valence-corrected chi connectivity index (χ4v) is 7.64. The fourth-order valence-electron chi connectivity index (χ4n) is 7.29. The zero-order chi connectivity index (χ0) is 33.0. The highest BCUT2D eigenvalue weighted by molar-refractivity contribution is 9.10. The van der Waals surface area contributed by atoms with Crippen molar-refractivity contribution in [2.24, 2.45) is 0 Å². The fraction of sp³-hybridized carbons (Fsp3) is 0.0213. The first kappa shape index (κ1) is 30.6. The second-order valence-electron chi connectivity index (χ2n) is 12.2. The first-order chi connectivity index (χ1) is 24.2. The Morgan fingerprint density at radius 3 is 1.35 bits per heavy atom. The van der Waals surface area contributed by atoms with Gasteiger partial charge in [-0.05, 0) is 45.3 Å². The van der Waals surface area contributed by atoms with E-state index in [0.29, 0.717) is 0 Å². The van der Waals surface area contributed by atoms with E-state index in [1.54, 1.807) is 0 Å². The number of halogens is 1. The number of rotatable bonds is 8. The maximum absolute atomic E-state index is 3.93. The van der Waals surface area contributed by atoms with Gasteiger partial charge in [0.15, 0.2) is 0 Å². The van der Waals surface area contributed by atoms with Crippen LogP contribution in [0, 0.1) is 0 Å². The molecule has 8 aromatic rings. The summed E-state index contributed by atoms with van der Waals surface area (Å²) >= 11 is 3.93. The molecule has 0 saturated heterocycles. The molecule has 0 radical (unpaired) electrons. The molecular weight excluding hydrogens is 658 g/mol. The van der Waals surface area contributed by atoms with E-state index >= 15 is 0 Å². The Labute approximate surface area is 296 Å². The summed E-state index contributed by atoms with van der Waals surface area (Å²) in [5.74, 6) is 0. The number of hydrogen-bond acceptors (Lipinski definition) is 1. The minimum absolute atomic E-state index is 0.804. The maximum Gasteiger partial charge on any atom is 0.121 e. The van der Waals surface area contributed by atoms with Crippen molar-refractivity contribution in [2.45, 2.75) is 5.54 Å². The van der Waals surface area contributed by atoms with Crippen molar-refractivity contribution in [3.05, 3.63) is 227 Å². The van der Waals surface area contributed by atoms with Gasteiger partial charge in [0.2, 0.25) is 0 Å². The smallest absolute Gasteiger partial charge is 0.121 e. The van der Waals surface area contributed by atoms with Crippen molar-refractivity contribution in [3.8, 4) is 22.3 Å². The molecule has 234 valence electrons. The van der Waals surface area contributed by atoms with Crippen LogP contribution in [0.4, 0.5) is 11.4 Å². The molecule has 2 heteroatoms. The third-order valence-electron chi connectivity index (χ3n) is 9.40. The van der Waals surface area contributed by atoms with Crippen LogP contribution in [0.5, 0.6) is 0 Å². The third kappa shape index (κ3) is 5.55. The Balaban J connectivity index is 1.64. The van der Waals surface area contributed by atoms with Gasteiger partial charge in [0.25, 0.3) is 0 Å². The number of benzene rings is 8. The Kier molecular flexibility index (Phi) is 8.39. The predicted octanol–water partition coefficient (Wildman–Crippen LogP) is 13.1. The van der Waals surface area contributed by atoms with Crippen LogP contribution in [0.2, 0.25) is 0 Å². The van der Waals surface area contributed by atoms with Crippen molar-refractivity contribution in [3.63, 3.8) is 0 Å². The second-order valence-corrected chi connectivity index (χ2v) is 13.1. The van der Waals surface area contributed by atoms with Gasteiger partial charge < -0.3 is 4.90 Å².